The largest absolute Gasteiger partial charge is 0.480 e. The Balaban J connectivity index is 1.66. The number of carboxylic acids is 1. The van der Waals surface area contributed by atoms with E-state index in [9.17, 15) is 9.90 Å². The molecule has 0 radical (unpaired) electrons. The van der Waals surface area contributed by atoms with Crippen LogP contribution in [0.3, 0.4) is 0 Å². The number of nitrogens with one attached hydrogen (secondary N) is 3. The number of anilines is 3. The molecule has 0 bridgehead atoms. The lowest BCUT2D eigenvalue weighted by Crippen LogP contribution is -2.45. The van der Waals surface area contributed by atoms with Crippen LogP contribution >= 0.6 is 0 Å². The van der Waals surface area contributed by atoms with Gasteiger partial charge in [-0.15, -0.1) is 0 Å². The SMILES string of the molecule is CN1CCN(CCNc2nc(NCc3ccncc3)nc(NC(CCCCN)C(=O)O)n2)CC1. The standard InChI is InChI=1S/C22H36N10O2/c1-31-12-14-32(15-13-31)11-10-25-20-28-21(26-16-17-5-8-24-9-6-17)30-22(29-20)27-18(19(33)34)4-2-3-7-23/h5-6,8-9,18H,2-4,7,10-16,23H2,1H3,(H,33,34)(H3,25,26,27,28,29,30). The first-order valence-corrected chi connectivity index (χ1v) is 11.8. The van der Waals surface area contributed by atoms with E-state index in [1.807, 2.05) is 12.1 Å². The van der Waals surface area contributed by atoms with Crippen molar-refractivity contribution in [1.82, 2.24) is 29.7 Å². The zero-order valence-corrected chi connectivity index (χ0v) is 19.8. The van der Waals surface area contributed by atoms with Crippen molar-refractivity contribution in [3.05, 3.63) is 30.1 Å². The van der Waals surface area contributed by atoms with Gasteiger partial charge in [-0.2, -0.15) is 15.0 Å². The number of aromatic nitrogens is 4. The molecule has 186 valence electrons. The van der Waals surface area contributed by atoms with Gasteiger partial charge in [-0.3, -0.25) is 9.88 Å². The van der Waals surface area contributed by atoms with E-state index < -0.39 is 12.0 Å². The van der Waals surface area contributed by atoms with Gasteiger partial charge in [-0.05, 0) is 50.6 Å². The van der Waals surface area contributed by atoms with E-state index in [4.69, 9.17) is 5.73 Å². The average molecular weight is 473 g/mol. The molecule has 1 fully saturated rings. The minimum absolute atomic E-state index is 0.217. The molecule has 0 aromatic carbocycles. The maximum atomic E-state index is 11.7. The molecular weight excluding hydrogens is 436 g/mol. The highest BCUT2D eigenvalue weighted by molar-refractivity contribution is 5.76. The van der Waals surface area contributed by atoms with E-state index in [1.165, 1.54) is 0 Å². The molecule has 1 unspecified atom stereocenters. The van der Waals surface area contributed by atoms with Crippen LogP contribution in [0.15, 0.2) is 24.5 Å². The Morgan fingerprint density at radius 2 is 1.74 bits per heavy atom. The van der Waals surface area contributed by atoms with Crippen molar-refractivity contribution >= 4 is 23.8 Å². The number of piperazine rings is 1. The van der Waals surface area contributed by atoms with Gasteiger partial charge in [0.05, 0.1) is 0 Å². The van der Waals surface area contributed by atoms with Gasteiger partial charge >= 0.3 is 5.97 Å². The third-order valence-electron chi connectivity index (χ3n) is 5.69. The molecule has 0 spiro atoms. The summed E-state index contributed by atoms with van der Waals surface area (Å²) < 4.78 is 0. The second-order valence-electron chi connectivity index (χ2n) is 8.41. The topological polar surface area (TPSA) is 157 Å². The molecule has 1 aliphatic rings. The van der Waals surface area contributed by atoms with Crippen LogP contribution < -0.4 is 21.7 Å². The smallest absolute Gasteiger partial charge is 0.326 e. The molecule has 3 rings (SSSR count). The lowest BCUT2D eigenvalue weighted by atomic mass is 10.1. The van der Waals surface area contributed by atoms with Crippen LogP contribution in [0.4, 0.5) is 17.8 Å². The Kier molecular flexibility index (Phi) is 10.2. The first-order valence-electron chi connectivity index (χ1n) is 11.8. The van der Waals surface area contributed by atoms with Crippen molar-refractivity contribution in [2.75, 3.05) is 68.8 Å². The van der Waals surface area contributed by atoms with Crippen LogP contribution in [0, 0.1) is 0 Å². The summed E-state index contributed by atoms with van der Waals surface area (Å²) >= 11 is 0. The second-order valence-corrected chi connectivity index (χ2v) is 8.41. The van der Waals surface area contributed by atoms with E-state index in [-0.39, 0.29) is 5.95 Å². The molecule has 0 saturated carbocycles. The molecule has 3 heterocycles. The molecule has 1 aliphatic heterocycles. The molecule has 34 heavy (non-hydrogen) atoms. The Bertz CT molecular complexity index is 877. The van der Waals surface area contributed by atoms with Crippen LogP contribution in [0.25, 0.3) is 0 Å². The summed E-state index contributed by atoms with van der Waals surface area (Å²) in [6.45, 7) is 6.77. The van der Waals surface area contributed by atoms with Crippen molar-refractivity contribution in [3.63, 3.8) is 0 Å². The Hall–Kier alpha value is -3.09. The van der Waals surface area contributed by atoms with Gasteiger partial charge in [0.25, 0.3) is 0 Å². The summed E-state index contributed by atoms with van der Waals surface area (Å²) in [6, 6.07) is 3.00. The van der Waals surface area contributed by atoms with E-state index in [0.717, 1.165) is 44.7 Å². The summed E-state index contributed by atoms with van der Waals surface area (Å²) in [6.07, 6.45) is 5.35. The summed E-state index contributed by atoms with van der Waals surface area (Å²) in [5.41, 5.74) is 6.57. The fourth-order valence-corrected chi connectivity index (χ4v) is 3.58. The normalized spacial score (nSPS) is 15.6. The van der Waals surface area contributed by atoms with Crippen molar-refractivity contribution in [2.24, 2.45) is 5.73 Å². The van der Waals surface area contributed by atoms with Gasteiger partial charge in [0.15, 0.2) is 0 Å². The molecule has 0 amide bonds. The number of pyridine rings is 1. The quantitative estimate of drug-likeness (QED) is 0.243. The van der Waals surface area contributed by atoms with Gasteiger partial charge in [0.1, 0.15) is 6.04 Å². The molecule has 2 aromatic heterocycles. The van der Waals surface area contributed by atoms with E-state index in [2.05, 4.69) is 52.7 Å². The van der Waals surface area contributed by atoms with Gasteiger partial charge in [0.2, 0.25) is 17.8 Å². The number of hydrogen-bond donors (Lipinski definition) is 5. The fraction of sp³-hybridized carbons (Fsp3) is 0.591. The molecule has 12 nitrogen and oxygen atoms in total. The van der Waals surface area contributed by atoms with E-state index in [1.54, 1.807) is 12.4 Å². The molecule has 1 saturated heterocycles. The Morgan fingerprint density at radius 3 is 2.41 bits per heavy atom. The average Bonchev–Trinajstić information content (AvgIpc) is 2.84. The summed E-state index contributed by atoms with van der Waals surface area (Å²) in [5.74, 6) is 0.0280. The zero-order valence-electron chi connectivity index (χ0n) is 19.8. The highest BCUT2D eigenvalue weighted by Gasteiger charge is 2.19. The summed E-state index contributed by atoms with van der Waals surface area (Å²) in [7, 11) is 2.13. The number of nitrogens with zero attached hydrogens (tertiary/aromatic N) is 6. The first kappa shape index (κ1) is 25.5. The van der Waals surface area contributed by atoms with E-state index >= 15 is 0 Å². The zero-order chi connectivity index (χ0) is 24.2. The number of carbonyl (C=O) groups is 1. The second kappa shape index (κ2) is 13.6. The lowest BCUT2D eigenvalue weighted by molar-refractivity contribution is -0.138. The third-order valence-corrected chi connectivity index (χ3v) is 5.69. The Morgan fingerprint density at radius 1 is 1.06 bits per heavy atom. The molecule has 1 atom stereocenters. The van der Waals surface area contributed by atoms with Crippen LogP contribution in [0.2, 0.25) is 0 Å². The van der Waals surface area contributed by atoms with Crippen LogP contribution in [-0.2, 0) is 11.3 Å². The number of hydrogen-bond acceptors (Lipinski definition) is 11. The number of unbranched alkanes of at least 4 members (excludes halogenated alkanes) is 1. The number of likely N-dealkylation sites (N-methyl/N-ethyl adjacent to an activating group) is 1. The molecule has 2 aromatic rings. The number of rotatable bonds is 14. The van der Waals surface area contributed by atoms with E-state index in [0.29, 0.717) is 44.4 Å². The lowest BCUT2D eigenvalue weighted by Gasteiger charge is -2.32. The number of carboxylic acid groups (broad SMARTS) is 1. The highest BCUT2D eigenvalue weighted by Crippen LogP contribution is 2.14. The number of aliphatic carboxylic acids is 1. The van der Waals surface area contributed by atoms with Crippen molar-refractivity contribution in [2.45, 2.75) is 31.8 Å². The summed E-state index contributed by atoms with van der Waals surface area (Å²) in [5, 5.41) is 19.0. The minimum atomic E-state index is -0.951. The maximum absolute atomic E-state index is 11.7. The van der Waals surface area contributed by atoms with Crippen LogP contribution in [-0.4, -0.2) is 99.7 Å². The highest BCUT2D eigenvalue weighted by atomic mass is 16.4. The third kappa shape index (κ3) is 8.69. The molecule has 0 aliphatic carbocycles. The fourth-order valence-electron chi connectivity index (χ4n) is 3.58. The van der Waals surface area contributed by atoms with Crippen LogP contribution in [0.5, 0.6) is 0 Å². The molecule has 6 N–H and O–H groups in total. The summed E-state index contributed by atoms with van der Waals surface area (Å²) in [4.78, 5) is 33.8. The van der Waals surface area contributed by atoms with Crippen molar-refractivity contribution in [1.29, 1.82) is 0 Å². The van der Waals surface area contributed by atoms with Gasteiger partial charge in [0, 0.05) is 58.2 Å². The first-order chi connectivity index (χ1) is 16.5. The Labute approximate surface area is 200 Å². The van der Waals surface area contributed by atoms with Gasteiger partial charge < -0.3 is 31.7 Å². The minimum Gasteiger partial charge on any atom is -0.480 e. The maximum Gasteiger partial charge on any atom is 0.326 e. The van der Waals surface area contributed by atoms with Gasteiger partial charge in [-0.1, -0.05) is 0 Å². The van der Waals surface area contributed by atoms with Crippen molar-refractivity contribution < 1.29 is 9.90 Å². The van der Waals surface area contributed by atoms with Crippen LogP contribution in [0.1, 0.15) is 24.8 Å². The number of nitrogens with two attached hydrogens (primary N) is 1. The predicted octanol–water partition coefficient (Wildman–Crippen LogP) is 0.532. The van der Waals surface area contributed by atoms with Crippen molar-refractivity contribution in [3.8, 4) is 0 Å². The molecular formula is C22H36N10O2. The van der Waals surface area contributed by atoms with Gasteiger partial charge in [-0.25, -0.2) is 4.79 Å². The molecule has 12 heteroatoms. The predicted molar refractivity (Wildman–Crippen MR) is 132 cm³/mol. The monoisotopic (exact) mass is 472 g/mol.